The number of imide groups is 1. The van der Waals surface area contributed by atoms with E-state index in [1.54, 1.807) is 5.38 Å². The smallest absolute Gasteiger partial charge is 0.358 e. The molecule has 0 radical (unpaired) electrons. The van der Waals surface area contributed by atoms with Gasteiger partial charge in [-0.05, 0) is 25.3 Å². The Labute approximate surface area is 162 Å². The highest BCUT2D eigenvalue weighted by Crippen LogP contribution is 2.24. The van der Waals surface area contributed by atoms with Crippen molar-refractivity contribution in [2.24, 2.45) is 0 Å². The number of thiazole rings is 1. The summed E-state index contributed by atoms with van der Waals surface area (Å²) < 4.78 is 4.92. The fraction of sp³-hybridized carbons (Fsp3) is 0.368. The van der Waals surface area contributed by atoms with Crippen molar-refractivity contribution in [1.82, 2.24) is 15.6 Å². The molecule has 0 aliphatic carbocycles. The van der Waals surface area contributed by atoms with E-state index < -0.39 is 24.5 Å². The Kier molecular flexibility index (Phi) is 7.48. The van der Waals surface area contributed by atoms with Crippen molar-refractivity contribution >= 4 is 29.2 Å². The lowest BCUT2D eigenvalue weighted by molar-refractivity contribution is -0.123. The van der Waals surface area contributed by atoms with Crippen molar-refractivity contribution < 1.29 is 19.1 Å². The van der Waals surface area contributed by atoms with Gasteiger partial charge in [-0.2, -0.15) is 0 Å². The van der Waals surface area contributed by atoms with E-state index in [-0.39, 0.29) is 11.7 Å². The zero-order valence-corrected chi connectivity index (χ0v) is 16.4. The van der Waals surface area contributed by atoms with Crippen LogP contribution >= 0.6 is 11.3 Å². The first kappa shape index (κ1) is 20.6. The van der Waals surface area contributed by atoms with Gasteiger partial charge < -0.3 is 10.1 Å². The molecule has 0 fully saturated rings. The minimum absolute atomic E-state index is 0.0554. The largest absolute Gasteiger partial charge is 0.451 e. The average molecular weight is 389 g/mol. The van der Waals surface area contributed by atoms with Crippen LogP contribution < -0.4 is 10.6 Å². The first-order valence-corrected chi connectivity index (χ1v) is 9.63. The molecule has 0 aliphatic rings. The van der Waals surface area contributed by atoms with Crippen LogP contribution in [0.15, 0.2) is 29.6 Å². The van der Waals surface area contributed by atoms with Crippen LogP contribution in [0.2, 0.25) is 0 Å². The molecular formula is C19H23N3O4S. The van der Waals surface area contributed by atoms with Gasteiger partial charge >= 0.3 is 12.0 Å². The fourth-order valence-electron chi connectivity index (χ4n) is 2.11. The van der Waals surface area contributed by atoms with E-state index in [1.807, 2.05) is 38.1 Å². The molecule has 0 unspecified atom stereocenters. The van der Waals surface area contributed by atoms with Gasteiger partial charge in [-0.1, -0.05) is 38.1 Å². The van der Waals surface area contributed by atoms with Crippen molar-refractivity contribution in [1.29, 1.82) is 0 Å². The van der Waals surface area contributed by atoms with Crippen LogP contribution in [-0.4, -0.2) is 35.5 Å². The van der Waals surface area contributed by atoms with Crippen LogP contribution in [0.5, 0.6) is 0 Å². The van der Waals surface area contributed by atoms with Crippen LogP contribution in [0.1, 0.15) is 43.2 Å². The maximum absolute atomic E-state index is 12.0. The molecule has 0 saturated carbocycles. The molecule has 1 atom stereocenters. The van der Waals surface area contributed by atoms with E-state index in [0.29, 0.717) is 5.01 Å². The normalized spacial score (nSPS) is 11.5. The molecule has 144 valence electrons. The Morgan fingerprint density at radius 3 is 2.52 bits per heavy atom. The van der Waals surface area contributed by atoms with Gasteiger partial charge in [0, 0.05) is 17.0 Å². The van der Waals surface area contributed by atoms with E-state index in [4.69, 9.17) is 4.74 Å². The maximum atomic E-state index is 12.0. The van der Waals surface area contributed by atoms with Crippen LogP contribution in [0.25, 0.3) is 10.6 Å². The van der Waals surface area contributed by atoms with Crippen LogP contribution in [0.3, 0.4) is 0 Å². The number of aryl methyl sites for hydroxylation is 1. The van der Waals surface area contributed by atoms with Gasteiger partial charge in [0.15, 0.2) is 12.3 Å². The highest BCUT2D eigenvalue weighted by atomic mass is 32.1. The number of nitrogens with zero attached hydrogens (tertiary/aromatic N) is 1. The number of nitrogens with one attached hydrogen (secondary N) is 2. The second-order valence-corrected chi connectivity index (χ2v) is 6.85. The molecule has 0 saturated heterocycles. The highest BCUT2D eigenvalue weighted by molar-refractivity contribution is 7.13. The minimum atomic E-state index is -0.708. The summed E-state index contributed by atoms with van der Waals surface area (Å²) in [6.07, 6.45) is 1.69. The minimum Gasteiger partial charge on any atom is -0.451 e. The molecule has 2 aromatic rings. The van der Waals surface area contributed by atoms with Crippen molar-refractivity contribution in [3.8, 4) is 10.6 Å². The highest BCUT2D eigenvalue weighted by Gasteiger charge is 2.16. The van der Waals surface area contributed by atoms with E-state index in [0.717, 1.165) is 18.4 Å². The number of hydrogen-bond acceptors (Lipinski definition) is 6. The Balaban J connectivity index is 1.86. The van der Waals surface area contributed by atoms with Gasteiger partial charge in [-0.25, -0.2) is 14.6 Å². The molecule has 2 rings (SSSR count). The Morgan fingerprint density at radius 2 is 1.89 bits per heavy atom. The monoisotopic (exact) mass is 389 g/mol. The zero-order chi connectivity index (χ0) is 19.8. The third-order valence-electron chi connectivity index (χ3n) is 3.90. The standard InChI is InChI=1S/C19H23N3O4S/c1-4-12(3)20-19(25)22-16(23)10-26-18(24)15-11-27-17(21-15)14-8-6-13(5-2)7-9-14/h6-9,11-12H,4-5,10H2,1-3H3,(H2,20,22,23,25)/t12-/m1/s1. The number of amides is 3. The number of rotatable bonds is 7. The van der Waals surface area contributed by atoms with Crippen molar-refractivity contribution in [3.05, 3.63) is 40.9 Å². The van der Waals surface area contributed by atoms with Crippen molar-refractivity contribution in [2.45, 2.75) is 39.7 Å². The number of carbonyl (C=O) groups is 3. The van der Waals surface area contributed by atoms with E-state index in [9.17, 15) is 14.4 Å². The van der Waals surface area contributed by atoms with Gasteiger partial charge in [0.2, 0.25) is 0 Å². The summed E-state index contributed by atoms with van der Waals surface area (Å²) in [4.78, 5) is 39.5. The summed E-state index contributed by atoms with van der Waals surface area (Å²) in [6.45, 7) is 5.26. The predicted octanol–water partition coefficient (Wildman–Crippen LogP) is 3.15. The summed E-state index contributed by atoms with van der Waals surface area (Å²) in [5.74, 6) is -1.41. The van der Waals surface area contributed by atoms with Crippen LogP contribution in [0, 0.1) is 0 Å². The molecule has 7 nitrogen and oxygen atoms in total. The topological polar surface area (TPSA) is 97.4 Å². The molecule has 0 spiro atoms. The second kappa shape index (κ2) is 9.82. The first-order chi connectivity index (χ1) is 12.9. The molecule has 1 aromatic carbocycles. The summed E-state index contributed by atoms with van der Waals surface area (Å²) >= 11 is 1.32. The van der Waals surface area contributed by atoms with Crippen LogP contribution in [-0.2, 0) is 16.0 Å². The summed E-state index contributed by atoms with van der Waals surface area (Å²) in [6, 6.07) is 7.27. The second-order valence-electron chi connectivity index (χ2n) is 6.00. The van der Waals surface area contributed by atoms with Gasteiger partial charge in [-0.3, -0.25) is 10.1 Å². The lowest BCUT2D eigenvalue weighted by Crippen LogP contribution is -2.44. The van der Waals surface area contributed by atoms with Gasteiger partial charge in [0.05, 0.1) is 0 Å². The number of urea groups is 1. The zero-order valence-electron chi connectivity index (χ0n) is 15.6. The lowest BCUT2D eigenvalue weighted by Gasteiger charge is -2.11. The Bertz CT molecular complexity index is 802. The fourth-order valence-corrected chi connectivity index (χ4v) is 2.91. The van der Waals surface area contributed by atoms with Crippen LogP contribution in [0.4, 0.5) is 4.79 Å². The SMILES string of the molecule is CCc1ccc(-c2nc(C(=O)OCC(=O)NC(=O)N[C@H](C)CC)cs2)cc1. The molecule has 3 amide bonds. The number of ether oxygens (including phenoxy) is 1. The molecule has 0 aliphatic heterocycles. The maximum Gasteiger partial charge on any atom is 0.358 e. The molecule has 27 heavy (non-hydrogen) atoms. The van der Waals surface area contributed by atoms with Crippen molar-refractivity contribution in [3.63, 3.8) is 0 Å². The van der Waals surface area contributed by atoms with Gasteiger partial charge in [0.1, 0.15) is 5.01 Å². The first-order valence-electron chi connectivity index (χ1n) is 8.75. The molecule has 8 heteroatoms. The number of carbonyl (C=O) groups excluding carboxylic acids is 3. The van der Waals surface area contributed by atoms with E-state index in [1.165, 1.54) is 16.9 Å². The summed E-state index contributed by atoms with van der Waals surface area (Å²) in [5, 5.41) is 6.98. The summed E-state index contributed by atoms with van der Waals surface area (Å²) in [7, 11) is 0. The number of aromatic nitrogens is 1. The molecule has 1 heterocycles. The average Bonchev–Trinajstić information content (AvgIpc) is 3.16. The molecular weight excluding hydrogens is 366 g/mol. The molecule has 1 aromatic heterocycles. The molecule has 2 N–H and O–H groups in total. The molecule has 0 bridgehead atoms. The van der Waals surface area contributed by atoms with E-state index in [2.05, 4.69) is 22.5 Å². The predicted molar refractivity (Wildman–Crippen MR) is 104 cm³/mol. The number of esters is 1. The third kappa shape index (κ3) is 6.18. The summed E-state index contributed by atoms with van der Waals surface area (Å²) in [5.41, 5.74) is 2.26. The lowest BCUT2D eigenvalue weighted by atomic mass is 10.1. The van der Waals surface area contributed by atoms with E-state index >= 15 is 0 Å². The number of benzene rings is 1. The Hall–Kier alpha value is -2.74. The quantitative estimate of drug-likeness (QED) is 0.709. The Morgan fingerprint density at radius 1 is 1.19 bits per heavy atom. The van der Waals surface area contributed by atoms with Gasteiger partial charge in [-0.15, -0.1) is 11.3 Å². The van der Waals surface area contributed by atoms with Crippen molar-refractivity contribution in [2.75, 3.05) is 6.61 Å². The van der Waals surface area contributed by atoms with Gasteiger partial charge in [0.25, 0.3) is 5.91 Å². The third-order valence-corrected chi connectivity index (χ3v) is 4.79. The number of hydrogen-bond donors (Lipinski definition) is 2.